The lowest BCUT2D eigenvalue weighted by atomic mass is 10.0. The van der Waals surface area contributed by atoms with Crippen molar-refractivity contribution in [1.82, 2.24) is 14.9 Å². The van der Waals surface area contributed by atoms with Crippen molar-refractivity contribution in [3.63, 3.8) is 0 Å². The predicted molar refractivity (Wildman–Crippen MR) is 131 cm³/mol. The Bertz CT molecular complexity index is 1370. The molecule has 0 saturated carbocycles. The topological polar surface area (TPSA) is 80.0 Å². The maximum absolute atomic E-state index is 13.8. The maximum atomic E-state index is 13.8. The highest BCUT2D eigenvalue weighted by Gasteiger charge is 2.18. The predicted octanol–water partition coefficient (Wildman–Crippen LogP) is 5.04. The highest BCUT2D eigenvalue weighted by molar-refractivity contribution is 6.30. The highest BCUT2D eigenvalue weighted by atomic mass is 35.5. The van der Waals surface area contributed by atoms with Gasteiger partial charge in [0.2, 0.25) is 5.88 Å². The second-order valence-corrected chi connectivity index (χ2v) is 7.75. The van der Waals surface area contributed by atoms with Gasteiger partial charge in [-0.15, -0.1) is 0 Å². The van der Waals surface area contributed by atoms with Gasteiger partial charge in [-0.3, -0.25) is 9.36 Å². The van der Waals surface area contributed by atoms with E-state index in [4.69, 9.17) is 21.7 Å². The fraction of sp³-hybridized carbons (Fsp3) is 0.160. The van der Waals surface area contributed by atoms with Crippen LogP contribution in [-0.4, -0.2) is 28.9 Å². The van der Waals surface area contributed by atoms with Crippen molar-refractivity contribution in [1.29, 1.82) is 5.41 Å². The summed E-state index contributed by atoms with van der Waals surface area (Å²) in [5.74, 6) is 0.465. The first-order chi connectivity index (χ1) is 15.4. The lowest BCUT2D eigenvalue weighted by molar-refractivity contribution is 0.328. The van der Waals surface area contributed by atoms with Gasteiger partial charge in [0.1, 0.15) is 0 Å². The number of nitrogens with zero attached hydrogens (tertiary/aromatic N) is 2. The van der Waals surface area contributed by atoms with Gasteiger partial charge in [0.25, 0.3) is 5.56 Å². The normalized spacial score (nSPS) is 15.0. The number of fused-ring (bicyclic) bond motifs is 1. The molecule has 4 rings (SSSR count). The Morgan fingerprint density at radius 2 is 1.94 bits per heavy atom. The molecule has 0 saturated heterocycles. The van der Waals surface area contributed by atoms with Crippen molar-refractivity contribution >= 4 is 33.9 Å². The summed E-state index contributed by atoms with van der Waals surface area (Å²) in [6.45, 7) is 4.27. The minimum atomic E-state index is -0.216. The molecule has 2 N–H and O–H groups in total. The third kappa shape index (κ3) is 3.97. The molecule has 32 heavy (non-hydrogen) atoms. The van der Waals surface area contributed by atoms with E-state index in [9.17, 15) is 4.79 Å². The van der Waals surface area contributed by atoms with Crippen molar-refractivity contribution < 1.29 is 4.74 Å². The van der Waals surface area contributed by atoms with Crippen molar-refractivity contribution in [2.75, 3.05) is 13.7 Å². The number of aromatic nitrogens is 2. The number of rotatable bonds is 5. The Morgan fingerprint density at radius 3 is 2.62 bits per heavy atom. The highest BCUT2D eigenvalue weighted by Crippen LogP contribution is 2.29. The number of ether oxygens (including phenoxy) is 1. The van der Waals surface area contributed by atoms with Crippen molar-refractivity contribution in [2.45, 2.75) is 13.8 Å². The molecular weight excluding hydrogens is 424 g/mol. The minimum Gasteiger partial charge on any atom is -0.478 e. The molecule has 162 valence electrons. The van der Waals surface area contributed by atoms with E-state index in [1.165, 1.54) is 0 Å². The Hall–Kier alpha value is -3.64. The SMILES string of the molecule is CCOc1ccc2cn(C3=C/C(=C(\C)NC)C(=N)C=C3)c(=O)c(-c3ccc(Cl)cc3)c2n1. The average molecular weight is 447 g/mol. The summed E-state index contributed by atoms with van der Waals surface area (Å²) in [5, 5.41) is 12.7. The van der Waals surface area contributed by atoms with Crippen LogP contribution < -0.4 is 15.6 Å². The van der Waals surface area contributed by atoms with Gasteiger partial charge in [0, 0.05) is 46.7 Å². The van der Waals surface area contributed by atoms with Crippen LogP contribution >= 0.6 is 11.6 Å². The summed E-state index contributed by atoms with van der Waals surface area (Å²) in [6.07, 6.45) is 7.09. The number of benzene rings is 1. The first-order valence-corrected chi connectivity index (χ1v) is 10.6. The zero-order valence-electron chi connectivity index (χ0n) is 18.1. The Kier molecular flexibility index (Phi) is 5.97. The Morgan fingerprint density at radius 1 is 1.19 bits per heavy atom. The van der Waals surface area contributed by atoms with Crippen LogP contribution in [0.25, 0.3) is 27.7 Å². The lowest BCUT2D eigenvalue weighted by Crippen LogP contribution is -2.23. The number of hydrogen-bond donors (Lipinski definition) is 2. The largest absolute Gasteiger partial charge is 0.478 e. The molecule has 0 bridgehead atoms. The third-order valence-corrected chi connectivity index (χ3v) is 5.58. The van der Waals surface area contributed by atoms with Crippen LogP contribution in [0.3, 0.4) is 0 Å². The maximum Gasteiger partial charge on any atom is 0.265 e. The molecule has 1 aromatic carbocycles. The molecule has 2 aromatic heterocycles. The van der Waals surface area contributed by atoms with E-state index in [1.807, 2.05) is 45.2 Å². The van der Waals surface area contributed by atoms with Gasteiger partial charge in [-0.25, -0.2) is 4.98 Å². The van der Waals surface area contributed by atoms with E-state index in [1.54, 1.807) is 41.1 Å². The fourth-order valence-corrected chi connectivity index (χ4v) is 3.73. The molecule has 3 aromatic rings. The van der Waals surface area contributed by atoms with E-state index in [0.29, 0.717) is 40.0 Å². The first-order valence-electron chi connectivity index (χ1n) is 10.3. The van der Waals surface area contributed by atoms with Gasteiger partial charge in [-0.2, -0.15) is 0 Å². The smallest absolute Gasteiger partial charge is 0.265 e. The molecule has 0 unspecified atom stereocenters. The van der Waals surface area contributed by atoms with Crippen LogP contribution in [0.1, 0.15) is 13.8 Å². The van der Waals surface area contributed by atoms with Crippen molar-refractivity contribution in [2.24, 2.45) is 0 Å². The molecule has 0 fully saturated rings. The van der Waals surface area contributed by atoms with Gasteiger partial charge >= 0.3 is 0 Å². The summed E-state index contributed by atoms with van der Waals surface area (Å²) in [6, 6.07) is 10.8. The second kappa shape index (κ2) is 8.85. The van der Waals surface area contributed by atoms with Crippen LogP contribution in [0.2, 0.25) is 5.02 Å². The van der Waals surface area contributed by atoms with Gasteiger partial charge in [-0.05, 0) is 55.8 Å². The average Bonchev–Trinajstić information content (AvgIpc) is 2.80. The number of allylic oxidation sites excluding steroid dienone is 6. The number of hydrogen-bond acceptors (Lipinski definition) is 5. The Balaban J connectivity index is 2.02. The van der Waals surface area contributed by atoms with Gasteiger partial charge in [0.05, 0.1) is 23.4 Å². The molecular formula is C25H23ClN4O2. The quantitative estimate of drug-likeness (QED) is 0.575. The van der Waals surface area contributed by atoms with E-state index in [-0.39, 0.29) is 5.56 Å². The molecule has 1 aliphatic carbocycles. The summed E-state index contributed by atoms with van der Waals surface area (Å²) in [4.78, 5) is 18.4. The van der Waals surface area contributed by atoms with Crippen LogP contribution in [0.15, 0.2) is 76.9 Å². The molecule has 2 heterocycles. The van der Waals surface area contributed by atoms with E-state index in [2.05, 4.69) is 10.3 Å². The second-order valence-electron chi connectivity index (χ2n) is 7.31. The zero-order valence-corrected chi connectivity index (χ0v) is 18.8. The third-order valence-electron chi connectivity index (χ3n) is 5.32. The van der Waals surface area contributed by atoms with Crippen LogP contribution in [0.5, 0.6) is 5.88 Å². The molecule has 0 radical (unpaired) electrons. The molecule has 0 aliphatic heterocycles. The lowest BCUT2D eigenvalue weighted by Gasteiger charge is -2.17. The molecule has 6 nitrogen and oxygen atoms in total. The van der Waals surface area contributed by atoms with E-state index < -0.39 is 0 Å². The monoisotopic (exact) mass is 446 g/mol. The summed E-state index contributed by atoms with van der Waals surface area (Å²) in [7, 11) is 1.81. The van der Waals surface area contributed by atoms with Crippen LogP contribution in [-0.2, 0) is 0 Å². The fourth-order valence-electron chi connectivity index (χ4n) is 3.60. The Labute approximate surface area is 191 Å². The molecule has 0 atom stereocenters. The molecule has 7 heteroatoms. The summed E-state index contributed by atoms with van der Waals surface area (Å²) < 4.78 is 7.17. The molecule has 1 aliphatic rings. The minimum absolute atomic E-state index is 0.216. The van der Waals surface area contributed by atoms with Gasteiger partial charge in [-0.1, -0.05) is 23.7 Å². The van der Waals surface area contributed by atoms with E-state index in [0.717, 1.165) is 22.2 Å². The van der Waals surface area contributed by atoms with Crippen molar-refractivity contribution in [3.8, 4) is 17.0 Å². The van der Waals surface area contributed by atoms with Crippen LogP contribution in [0, 0.1) is 5.41 Å². The summed E-state index contributed by atoms with van der Waals surface area (Å²) >= 11 is 6.08. The number of pyridine rings is 2. The van der Waals surface area contributed by atoms with Gasteiger partial charge in [0.15, 0.2) is 0 Å². The van der Waals surface area contributed by atoms with Gasteiger partial charge < -0.3 is 15.5 Å². The number of nitrogens with one attached hydrogen (secondary N) is 2. The first kappa shape index (κ1) is 21.6. The van der Waals surface area contributed by atoms with Crippen molar-refractivity contribution in [3.05, 3.63) is 87.5 Å². The molecule has 0 spiro atoms. The summed E-state index contributed by atoms with van der Waals surface area (Å²) in [5.41, 5.74) is 4.17. The standard InChI is InChI=1S/C25H23ClN4O2/c1-4-32-22-12-7-17-14-30(19-10-11-21(27)20(13-19)15(2)28-3)25(31)23(24(17)29-22)16-5-8-18(26)9-6-16/h5-14,27-28H,4H2,1-3H3/b20-15-,27-21?. The zero-order chi connectivity index (χ0) is 22.8. The van der Waals surface area contributed by atoms with E-state index >= 15 is 0 Å². The van der Waals surface area contributed by atoms with Crippen LogP contribution in [0.4, 0.5) is 0 Å². The number of halogens is 1. The molecule has 0 amide bonds.